The molecule has 0 bridgehead atoms. The molecule has 2 aromatic heterocycles. The van der Waals surface area contributed by atoms with Crippen LogP contribution in [0.5, 0.6) is 0 Å². The summed E-state index contributed by atoms with van der Waals surface area (Å²) in [6.07, 6.45) is 5.97. The van der Waals surface area contributed by atoms with Gasteiger partial charge in [-0.15, -0.1) is 0 Å². The van der Waals surface area contributed by atoms with E-state index < -0.39 is 0 Å². The second-order valence-electron chi connectivity index (χ2n) is 6.84. The van der Waals surface area contributed by atoms with Gasteiger partial charge in [0, 0.05) is 36.0 Å². The number of nitrogens with one attached hydrogen (secondary N) is 3. The Kier molecular flexibility index (Phi) is 5.20. The number of amides is 1. The lowest BCUT2D eigenvalue weighted by molar-refractivity contribution is -0.116. The number of aryl methyl sites for hydroxylation is 1. The third-order valence-corrected chi connectivity index (χ3v) is 4.94. The van der Waals surface area contributed by atoms with Gasteiger partial charge in [-0.1, -0.05) is 18.2 Å². The number of aromatic amines is 1. The summed E-state index contributed by atoms with van der Waals surface area (Å²) in [4.78, 5) is 24.1. The number of para-hydroxylation sites is 1. The van der Waals surface area contributed by atoms with Gasteiger partial charge in [0.05, 0.1) is 5.57 Å². The van der Waals surface area contributed by atoms with Crippen LogP contribution in [-0.4, -0.2) is 33.1 Å². The van der Waals surface area contributed by atoms with Gasteiger partial charge in [0.15, 0.2) is 5.82 Å². The molecule has 3 heterocycles. The molecule has 1 aromatic carbocycles. The van der Waals surface area contributed by atoms with Crippen LogP contribution in [0, 0.1) is 13.8 Å². The molecule has 7 heteroatoms. The summed E-state index contributed by atoms with van der Waals surface area (Å²) in [5.74, 6) is 0.164. The van der Waals surface area contributed by atoms with E-state index in [0.29, 0.717) is 17.1 Å². The predicted octanol–water partition coefficient (Wildman–Crippen LogP) is 2.99. The summed E-state index contributed by atoms with van der Waals surface area (Å²) in [5.41, 5.74) is 8.88. The van der Waals surface area contributed by atoms with Gasteiger partial charge in [0.1, 0.15) is 5.71 Å². The van der Waals surface area contributed by atoms with Gasteiger partial charge in [0.2, 0.25) is 0 Å². The highest BCUT2D eigenvalue weighted by Gasteiger charge is 2.26. The first-order chi connectivity index (χ1) is 14.1. The third kappa shape index (κ3) is 3.94. The van der Waals surface area contributed by atoms with Crippen molar-refractivity contribution in [2.45, 2.75) is 20.3 Å². The Morgan fingerprint density at radius 3 is 2.59 bits per heavy atom. The molecule has 0 atom stereocenters. The number of hydrogen-bond acceptors (Lipinski definition) is 5. The van der Waals surface area contributed by atoms with Crippen molar-refractivity contribution in [1.82, 2.24) is 20.4 Å². The molecule has 3 N–H and O–H groups in total. The molecule has 4 rings (SSSR count). The van der Waals surface area contributed by atoms with Crippen molar-refractivity contribution in [3.8, 4) is 0 Å². The van der Waals surface area contributed by atoms with Crippen LogP contribution in [0.4, 0.5) is 5.69 Å². The van der Waals surface area contributed by atoms with E-state index in [1.807, 2.05) is 24.3 Å². The number of hydrogen-bond donors (Lipinski definition) is 3. The summed E-state index contributed by atoms with van der Waals surface area (Å²) < 4.78 is 0. The van der Waals surface area contributed by atoms with Gasteiger partial charge in [0.25, 0.3) is 5.91 Å². The standard InChI is InChI=1S/C22H22N6O/c1-14-17(9-12-23-16-7-4-3-5-8-16)15(2)26-19(14)13-18-20(27-28-22(18)29)21-24-10-6-11-25-21/h3-8,10-11,13,23,26H,9,12H2,1-2H3,(H,28,29). The number of hydrazone groups is 1. The molecular formula is C22H22N6O. The maximum Gasteiger partial charge on any atom is 0.273 e. The van der Waals surface area contributed by atoms with Crippen LogP contribution in [0.1, 0.15) is 28.3 Å². The number of carbonyl (C=O) groups excluding carboxylic acids is 1. The minimum absolute atomic E-state index is 0.258. The minimum atomic E-state index is -0.258. The van der Waals surface area contributed by atoms with E-state index in [1.165, 1.54) is 5.56 Å². The molecule has 146 valence electrons. The highest BCUT2D eigenvalue weighted by Crippen LogP contribution is 2.23. The van der Waals surface area contributed by atoms with Crippen LogP contribution < -0.4 is 10.7 Å². The maximum absolute atomic E-state index is 12.3. The SMILES string of the molecule is Cc1[nH]c(C=C2C(=O)NN=C2c2ncccn2)c(C)c1CCNc1ccccc1. The number of anilines is 1. The van der Waals surface area contributed by atoms with Crippen LogP contribution in [0.3, 0.4) is 0 Å². The Hall–Kier alpha value is -3.74. The molecule has 1 aliphatic heterocycles. The van der Waals surface area contributed by atoms with Gasteiger partial charge in [-0.2, -0.15) is 5.10 Å². The van der Waals surface area contributed by atoms with E-state index in [2.05, 4.69) is 56.8 Å². The largest absolute Gasteiger partial charge is 0.385 e. The fourth-order valence-corrected chi connectivity index (χ4v) is 3.43. The Labute approximate surface area is 169 Å². The number of rotatable bonds is 6. The van der Waals surface area contributed by atoms with Crippen LogP contribution in [0.2, 0.25) is 0 Å². The lowest BCUT2D eigenvalue weighted by atomic mass is 10.0. The van der Waals surface area contributed by atoms with Crippen LogP contribution >= 0.6 is 0 Å². The molecule has 1 aliphatic rings. The lowest BCUT2D eigenvalue weighted by Gasteiger charge is -2.07. The summed E-state index contributed by atoms with van der Waals surface area (Å²) >= 11 is 0. The molecule has 29 heavy (non-hydrogen) atoms. The first-order valence-electron chi connectivity index (χ1n) is 9.48. The number of aromatic nitrogens is 3. The van der Waals surface area contributed by atoms with E-state index in [-0.39, 0.29) is 5.91 Å². The summed E-state index contributed by atoms with van der Waals surface area (Å²) in [6.45, 7) is 4.94. The van der Waals surface area contributed by atoms with Gasteiger partial charge >= 0.3 is 0 Å². The fourth-order valence-electron chi connectivity index (χ4n) is 3.43. The zero-order valence-corrected chi connectivity index (χ0v) is 16.4. The van der Waals surface area contributed by atoms with Gasteiger partial charge in [-0.3, -0.25) is 4.79 Å². The smallest absolute Gasteiger partial charge is 0.273 e. The van der Waals surface area contributed by atoms with Crippen molar-refractivity contribution < 1.29 is 4.79 Å². The molecule has 0 saturated carbocycles. The second-order valence-corrected chi connectivity index (χ2v) is 6.84. The molecule has 0 fully saturated rings. The van der Waals surface area contributed by atoms with E-state index in [9.17, 15) is 4.79 Å². The van der Waals surface area contributed by atoms with E-state index in [1.54, 1.807) is 18.5 Å². The zero-order valence-electron chi connectivity index (χ0n) is 16.4. The molecule has 0 unspecified atom stereocenters. The molecule has 0 saturated heterocycles. The second kappa shape index (κ2) is 8.10. The quantitative estimate of drug-likeness (QED) is 0.568. The third-order valence-electron chi connectivity index (χ3n) is 4.94. The maximum atomic E-state index is 12.3. The van der Waals surface area contributed by atoms with Gasteiger partial charge in [-0.25, -0.2) is 15.4 Å². The Morgan fingerprint density at radius 1 is 1.07 bits per heavy atom. The Balaban J connectivity index is 1.55. The number of benzene rings is 1. The minimum Gasteiger partial charge on any atom is -0.385 e. The van der Waals surface area contributed by atoms with Gasteiger partial charge < -0.3 is 10.3 Å². The Morgan fingerprint density at radius 2 is 1.83 bits per heavy atom. The topological polar surface area (TPSA) is 95.1 Å². The number of carbonyl (C=O) groups is 1. The van der Waals surface area contributed by atoms with Crippen LogP contribution in [-0.2, 0) is 11.2 Å². The molecule has 0 radical (unpaired) electrons. The first kappa shape index (κ1) is 18.6. The molecule has 1 amide bonds. The van der Waals surface area contributed by atoms with Crippen molar-refractivity contribution in [2.75, 3.05) is 11.9 Å². The monoisotopic (exact) mass is 386 g/mol. The lowest BCUT2D eigenvalue weighted by Crippen LogP contribution is -2.14. The van der Waals surface area contributed by atoms with E-state index in [4.69, 9.17) is 0 Å². The van der Waals surface area contributed by atoms with Crippen molar-refractivity contribution in [3.63, 3.8) is 0 Å². The van der Waals surface area contributed by atoms with Crippen LogP contribution in [0.25, 0.3) is 6.08 Å². The molecule has 7 nitrogen and oxygen atoms in total. The van der Waals surface area contributed by atoms with E-state index >= 15 is 0 Å². The highest BCUT2D eigenvalue weighted by molar-refractivity contribution is 6.32. The summed E-state index contributed by atoms with van der Waals surface area (Å²) in [7, 11) is 0. The molecule has 0 aliphatic carbocycles. The molecule has 0 spiro atoms. The average Bonchev–Trinajstić information content (AvgIpc) is 3.24. The number of H-pyrrole nitrogens is 1. The molecular weight excluding hydrogens is 364 g/mol. The van der Waals surface area contributed by atoms with Crippen molar-refractivity contribution >= 4 is 23.4 Å². The fraction of sp³-hybridized carbons (Fsp3) is 0.182. The normalized spacial score (nSPS) is 14.8. The predicted molar refractivity (Wildman–Crippen MR) is 114 cm³/mol. The van der Waals surface area contributed by atoms with Crippen LogP contribution in [0.15, 0.2) is 59.5 Å². The summed E-state index contributed by atoms with van der Waals surface area (Å²) in [6, 6.07) is 11.9. The average molecular weight is 386 g/mol. The molecule has 3 aromatic rings. The van der Waals surface area contributed by atoms with Crippen molar-refractivity contribution in [3.05, 3.63) is 82.7 Å². The highest BCUT2D eigenvalue weighted by atomic mass is 16.2. The Bertz CT molecular complexity index is 1080. The number of nitrogens with zero attached hydrogens (tertiary/aromatic N) is 3. The van der Waals surface area contributed by atoms with Gasteiger partial charge in [-0.05, 0) is 55.7 Å². The summed E-state index contributed by atoms with van der Waals surface area (Å²) in [5, 5.41) is 7.54. The first-order valence-corrected chi connectivity index (χ1v) is 9.48. The van der Waals surface area contributed by atoms with Crippen molar-refractivity contribution in [2.24, 2.45) is 5.10 Å². The zero-order chi connectivity index (χ0) is 20.2. The van der Waals surface area contributed by atoms with E-state index in [0.717, 1.165) is 35.6 Å². The van der Waals surface area contributed by atoms with Crippen molar-refractivity contribution in [1.29, 1.82) is 0 Å².